The van der Waals surface area contributed by atoms with Crippen molar-refractivity contribution in [3.63, 3.8) is 0 Å². The molecule has 0 spiro atoms. The lowest BCUT2D eigenvalue weighted by atomic mass is 10.0. The van der Waals surface area contributed by atoms with Crippen LogP contribution in [0.1, 0.15) is 12.8 Å². The normalized spacial score (nSPS) is 27.1. The minimum absolute atomic E-state index is 0.487. The Morgan fingerprint density at radius 2 is 1.69 bits per heavy atom. The summed E-state index contributed by atoms with van der Waals surface area (Å²) in [4.78, 5) is 17.5. The van der Waals surface area contributed by atoms with Gasteiger partial charge in [-0.25, -0.2) is 0 Å². The molecule has 0 bridgehead atoms. The van der Waals surface area contributed by atoms with Crippen LogP contribution in [0.2, 0.25) is 0 Å². The van der Waals surface area contributed by atoms with E-state index in [0.29, 0.717) is 6.54 Å². The molecule has 0 N–H and O–H groups in total. The number of hydrogen-bond acceptors (Lipinski definition) is 4. The molecule has 0 saturated carbocycles. The van der Waals surface area contributed by atoms with Gasteiger partial charge >= 0.3 is 0 Å². The van der Waals surface area contributed by atoms with Crippen LogP contribution >= 0.6 is 0 Å². The van der Waals surface area contributed by atoms with Gasteiger partial charge in [0.15, 0.2) is 0 Å². The zero-order valence-electron chi connectivity index (χ0n) is 10.2. The molecule has 2 rings (SSSR count). The highest BCUT2D eigenvalue weighted by atomic mass is 16.1. The van der Waals surface area contributed by atoms with Crippen LogP contribution in [-0.4, -0.2) is 79.9 Å². The first kappa shape index (κ1) is 12.0. The SMILES string of the molecule is CN1CCC(N2CCN(C[C]=O)CC2)CC1. The Balaban J connectivity index is 1.74. The van der Waals surface area contributed by atoms with Gasteiger partial charge in [0.1, 0.15) is 0 Å². The first-order valence-corrected chi connectivity index (χ1v) is 6.29. The van der Waals surface area contributed by atoms with Gasteiger partial charge < -0.3 is 4.90 Å². The molecule has 16 heavy (non-hydrogen) atoms. The fraction of sp³-hybridized carbons (Fsp3) is 0.917. The molecule has 2 aliphatic heterocycles. The van der Waals surface area contributed by atoms with E-state index in [0.717, 1.165) is 32.2 Å². The molecule has 2 saturated heterocycles. The third-order valence-corrected chi connectivity index (χ3v) is 3.90. The van der Waals surface area contributed by atoms with Crippen molar-refractivity contribution in [1.29, 1.82) is 0 Å². The molecule has 2 aliphatic rings. The Labute approximate surface area is 98.2 Å². The van der Waals surface area contributed by atoms with Gasteiger partial charge in [0, 0.05) is 32.2 Å². The van der Waals surface area contributed by atoms with E-state index in [1.807, 2.05) is 6.29 Å². The third-order valence-electron chi connectivity index (χ3n) is 3.90. The Kier molecular flexibility index (Phi) is 4.32. The van der Waals surface area contributed by atoms with Crippen molar-refractivity contribution in [1.82, 2.24) is 14.7 Å². The molecule has 0 atom stereocenters. The van der Waals surface area contributed by atoms with Gasteiger partial charge in [-0.15, -0.1) is 0 Å². The quantitative estimate of drug-likeness (QED) is 0.664. The average Bonchev–Trinajstić information content (AvgIpc) is 2.32. The summed E-state index contributed by atoms with van der Waals surface area (Å²) in [6, 6.07) is 0.776. The van der Waals surface area contributed by atoms with Gasteiger partial charge in [-0.05, 0) is 33.0 Å². The lowest BCUT2D eigenvalue weighted by molar-refractivity contribution is 0.0703. The molecule has 0 aliphatic carbocycles. The lowest BCUT2D eigenvalue weighted by Crippen LogP contribution is -2.53. The maximum Gasteiger partial charge on any atom is 0.213 e. The van der Waals surface area contributed by atoms with Crippen LogP contribution in [0.15, 0.2) is 0 Å². The Morgan fingerprint density at radius 3 is 2.25 bits per heavy atom. The van der Waals surface area contributed by atoms with Gasteiger partial charge in [0.05, 0.1) is 6.54 Å². The van der Waals surface area contributed by atoms with Gasteiger partial charge in [0.25, 0.3) is 0 Å². The fourth-order valence-corrected chi connectivity index (χ4v) is 2.74. The van der Waals surface area contributed by atoms with Crippen molar-refractivity contribution in [3.8, 4) is 0 Å². The molecule has 0 unspecified atom stereocenters. The van der Waals surface area contributed by atoms with Crippen LogP contribution in [0.5, 0.6) is 0 Å². The third kappa shape index (κ3) is 3.03. The number of carbonyl (C=O) groups excluding carboxylic acids is 1. The van der Waals surface area contributed by atoms with Crippen molar-refractivity contribution < 1.29 is 4.79 Å². The van der Waals surface area contributed by atoms with E-state index in [9.17, 15) is 4.79 Å². The predicted octanol–water partition coefficient (Wildman–Crippen LogP) is -0.192. The van der Waals surface area contributed by atoms with Crippen LogP contribution in [0.4, 0.5) is 0 Å². The Morgan fingerprint density at radius 1 is 1.06 bits per heavy atom. The molecule has 0 amide bonds. The largest absolute Gasteiger partial charge is 0.306 e. The fourth-order valence-electron chi connectivity index (χ4n) is 2.74. The van der Waals surface area contributed by atoms with Crippen LogP contribution in [-0.2, 0) is 4.79 Å². The number of likely N-dealkylation sites (tertiary alicyclic amines) is 1. The van der Waals surface area contributed by atoms with Gasteiger partial charge in [-0.3, -0.25) is 14.6 Å². The van der Waals surface area contributed by atoms with Crippen molar-refractivity contribution in [2.75, 3.05) is 52.9 Å². The van der Waals surface area contributed by atoms with E-state index in [-0.39, 0.29) is 0 Å². The predicted molar refractivity (Wildman–Crippen MR) is 64.2 cm³/mol. The number of piperazine rings is 1. The van der Waals surface area contributed by atoms with Crippen LogP contribution in [0, 0.1) is 0 Å². The Hall–Kier alpha value is -0.450. The topological polar surface area (TPSA) is 26.8 Å². The van der Waals surface area contributed by atoms with Crippen LogP contribution < -0.4 is 0 Å². The van der Waals surface area contributed by atoms with Crippen molar-refractivity contribution in [2.45, 2.75) is 18.9 Å². The molecule has 0 aromatic heterocycles. The van der Waals surface area contributed by atoms with Crippen LogP contribution in [0.3, 0.4) is 0 Å². The first-order valence-electron chi connectivity index (χ1n) is 6.29. The molecular weight excluding hydrogens is 202 g/mol. The van der Waals surface area contributed by atoms with Crippen molar-refractivity contribution in [2.24, 2.45) is 0 Å². The summed E-state index contributed by atoms with van der Waals surface area (Å²) in [5.74, 6) is 0. The summed E-state index contributed by atoms with van der Waals surface area (Å²) >= 11 is 0. The second-order valence-electron chi connectivity index (χ2n) is 4.99. The second-order valence-corrected chi connectivity index (χ2v) is 4.99. The second kappa shape index (κ2) is 5.75. The van der Waals surface area contributed by atoms with E-state index in [2.05, 4.69) is 21.7 Å². The smallest absolute Gasteiger partial charge is 0.213 e. The molecular formula is C12H22N3O. The van der Waals surface area contributed by atoms with Gasteiger partial charge in [-0.1, -0.05) is 0 Å². The maximum absolute atomic E-state index is 10.3. The summed E-state index contributed by atoms with van der Waals surface area (Å²) in [6.45, 7) is 7.25. The molecule has 2 heterocycles. The zero-order valence-corrected chi connectivity index (χ0v) is 10.2. The van der Waals surface area contributed by atoms with Crippen LogP contribution in [0.25, 0.3) is 0 Å². The van der Waals surface area contributed by atoms with E-state index in [1.165, 1.54) is 25.9 Å². The number of rotatable bonds is 3. The average molecular weight is 224 g/mol. The standard InChI is InChI=1S/C12H22N3O/c1-13-4-2-12(3-5-13)15-8-6-14(7-9-15)10-11-16/h12H,2-10H2,1H3. The number of piperidine rings is 1. The summed E-state index contributed by atoms with van der Waals surface area (Å²) in [7, 11) is 2.20. The molecule has 2 fully saturated rings. The van der Waals surface area contributed by atoms with E-state index < -0.39 is 0 Å². The highest BCUT2D eigenvalue weighted by Crippen LogP contribution is 2.17. The monoisotopic (exact) mass is 224 g/mol. The van der Waals surface area contributed by atoms with E-state index in [1.54, 1.807) is 0 Å². The van der Waals surface area contributed by atoms with E-state index >= 15 is 0 Å². The molecule has 1 radical (unpaired) electrons. The minimum atomic E-state index is 0.487. The van der Waals surface area contributed by atoms with Gasteiger partial charge in [0.2, 0.25) is 6.29 Å². The summed E-state index contributed by atoms with van der Waals surface area (Å²) < 4.78 is 0. The highest BCUT2D eigenvalue weighted by molar-refractivity contribution is 5.53. The summed E-state index contributed by atoms with van der Waals surface area (Å²) in [5.41, 5.74) is 0. The van der Waals surface area contributed by atoms with Crippen molar-refractivity contribution in [3.05, 3.63) is 0 Å². The van der Waals surface area contributed by atoms with E-state index in [4.69, 9.17) is 0 Å². The lowest BCUT2D eigenvalue weighted by Gasteiger charge is -2.41. The first-order chi connectivity index (χ1) is 7.79. The number of nitrogens with zero attached hydrogens (tertiary/aromatic N) is 3. The van der Waals surface area contributed by atoms with Gasteiger partial charge in [-0.2, -0.15) is 0 Å². The Bertz CT molecular complexity index is 218. The maximum atomic E-state index is 10.3. The number of hydrogen-bond donors (Lipinski definition) is 0. The summed E-state index contributed by atoms with van der Waals surface area (Å²) in [6.07, 6.45) is 4.59. The molecule has 0 aromatic carbocycles. The molecule has 0 aromatic rings. The van der Waals surface area contributed by atoms with Crippen molar-refractivity contribution >= 4 is 6.29 Å². The zero-order chi connectivity index (χ0) is 11.4. The highest BCUT2D eigenvalue weighted by Gasteiger charge is 2.26. The minimum Gasteiger partial charge on any atom is -0.306 e. The molecule has 4 nitrogen and oxygen atoms in total. The summed E-state index contributed by atoms with van der Waals surface area (Å²) in [5, 5.41) is 0. The molecule has 91 valence electrons. The molecule has 4 heteroatoms.